The lowest BCUT2D eigenvalue weighted by atomic mass is 9.99. The van der Waals surface area contributed by atoms with Gasteiger partial charge in [-0.1, -0.05) is 19.1 Å². The molecule has 30 heavy (non-hydrogen) atoms. The summed E-state index contributed by atoms with van der Waals surface area (Å²) in [6.07, 6.45) is 4.19. The number of anilines is 3. The van der Waals surface area contributed by atoms with E-state index in [2.05, 4.69) is 46.7 Å². The molecule has 2 saturated heterocycles. The maximum Gasteiger partial charge on any atom is 0.227 e. The summed E-state index contributed by atoms with van der Waals surface area (Å²) in [6.45, 7) is 6.12. The summed E-state index contributed by atoms with van der Waals surface area (Å²) >= 11 is 5.44. The number of thiocarbonyl (C=S) groups is 1. The van der Waals surface area contributed by atoms with Crippen molar-refractivity contribution in [2.45, 2.75) is 39.2 Å². The van der Waals surface area contributed by atoms with E-state index in [-0.39, 0.29) is 5.91 Å². The molecule has 2 aliphatic heterocycles. The Labute approximate surface area is 184 Å². The average Bonchev–Trinajstić information content (AvgIpc) is 3.19. The highest BCUT2D eigenvalue weighted by Gasteiger charge is 2.21. The molecule has 5 nitrogen and oxygen atoms in total. The molecule has 2 aromatic carbocycles. The monoisotopic (exact) mass is 422 g/mol. The van der Waals surface area contributed by atoms with E-state index >= 15 is 0 Å². The van der Waals surface area contributed by atoms with Crippen LogP contribution < -0.4 is 20.4 Å². The van der Waals surface area contributed by atoms with Gasteiger partial charge in [-0.2, -0.15) is 0 Å². The molecule has 4 rings (SSSR count). The summed E-state index contributed by atoms with van der Waals surface area (Å²) in [5.41, 5.74) is 4.38. The third-order valence-electron chi connectivity index (χ3n) is 5.92. The summed E-state index contributed by atoms with van der Waals surface area (Å²) < 4.78 is 0. The van der Waals surface area contributed by atoms with Crippen molar-refractivity contribution in [2.24, 2.45) is 5.92 Å². The molecule has 0 radical (unpaired) electrons. The minimum absolute atomic E-state index is 0.203. The number of nitrogens with zero attached hydrogens (tertiary/aromatic N) is 2. The second-order valence-corrected chi connectivity index (χ2v) is 8.77. The zero-order chi connectivity index (χ0) is 20.9. The molecule has 0 spiro atoms. The predicted molar refractivity (Wildman–Crippen MR) is 128 cm³/mol. The fraction of sp³-hybridized carbons (Fsp3) is 0.417. The van der Waals surface area contributed by atoms with Crippen molar-refractivity contribution in [1.82, 2.24) is 5.32 Å². The molecule has 1 amide bonds. The van der Waals surface area contributed by atoms with E-state index in [4.69, 9.17) is 12.2 Å². The SMILES string of the molecule is C[C@H]1CCCN(c2ccc(CNC(=S)Nc3ccc(N4CCCC4=O)cc3)cc2)C1. The number of carbonyl (C=O) groups is 1. The van der Waals surface area contributed by atoms with E-state index in [0.717, 1.165) is 43.3 Å². The third-order valence-corrected chi connectivity index (χ3v) is 6.17. The molecule has 0 saturated carbocycles. The standard InChI is InChI=1S/C24H30N4OS/c1-18-4-2-14-27(17-18)21-10-6-19(7-11-21)16-25-24(30)26-20-8-12-22(13-9-20)28-15-3-5-23(28)29/h6-13,18H,2-5,14-17H2,1H3,(H2,25,26,30)/t18-/m0/s1. The van der Waals surface area contributed by atoms with Crippen LogP contribution in [0, 0.1) is 5.92 Å². The van der Waals surface area contributed by atoms with Crippen LogP contribution >= 0.6 is 12.2 Å². The van der Waals surface area contributed by atoms with Crippen molar-refractivity contribution in [3.63, 3.8) is 0 Å². The molecular formula is C24H30N4OS. The van der Waals surface area contributed by atoms with Crippen LogP contribution in [-0.4, -0.2) is 30.7 Å². The Morgan fingerprint density at radius 2 is 1.77 bits per heavy atom. The number of piperidine rings is 1. The van der Waals surface area contributed by atoms with E-state index in [1.54, 1.807) is 0 Å². The second kappa shape index (κ2) is 9.47. The van der Waals surface area contributed by atoms with E-state index in [1.165, 1.54) is 24.1 Å². The van der Waals surface area contributed by atoms with Crippen molar-refractivity contribution in [1.29, 1.82) is 0 Å². The van der Waals surface area contributed by atoms with Crippen molar-refractivity contribution in [2.75, 3.05) is 34.8 Å². The first kappa shape index (κ1) is 20.7. The number of nitrogens with one attached hydrogen (secondary N) is 2. The van der Waals surface area contributed by atoms with E-state index in [9.17, 15) is 4.79 Å². The van der Waals surface area contributed by atoms with E-state index < -0.39 is 0 Å². The number of benzene rings is 2. The van der Waals surface area contributed by atoms with Gasteiger partial charge in [0, 0.05) is 49.7 Å². The molecular weight excluding hydrogens is 392 g/mol. The zero-order valence-electron chi connectivity index (χ0n) is 17.6. The zero-order valence-corrected chi connectivity index (χ0v) is 18.4. The number of carbonyl (C=O) groups excluding carboxylic acids is 1. The lowest BCUT2D eigenvalue weighted by molar-refractivity contribution is -0.117. The molecule has 2 heterocycles. The highest BCUT2D eigenvalue weighted by molar-refractivity contribution is 7.80. The smallest absolute Gasteiger partial charge is 0.227 e. The van der Waals surface area contributed by atoms with Gasteiger partial charge in [-0.25, -0.2) is 0 Å². The number of hydrogen-bond acceptors (Lipinski definition) is 3. The second-order valence-electron chi connectivity index (χ2n) is 8.36. The van der Waals surface area contributed by atoms with Crippen molar-refractivity contribution in [3.05, 3.63) is 54.1 Å². The summed E-state index contributed by atoms with van der Waals surface area (Å²) in [6, 6.07) is 16.6. The van der Waals surface area contributed by atoms with Crippen LogP contribution in [0.3, 0.4) is 0 Å². The lowest BCUT2D eigenvalue weighted by Crippen LogP contribution is -2.34. The quantitative estimate of drug-likeness (QED) is 0.693. The fourth-order valence-corrected chi connectivity index (χ4v) is 4.44. The summed E-state index contributed by atoms with van der Waals surface area (Å²) in [7, 11) is 0. The molecule has 0 unspecified atom stereocenters. The highest BCUT2D eigenvalue weighted by Crippen LogP contribution is 2.24. The predicted octanol–water partition coefficient (Wildman–Crippen LogP) is 4.54. The highest BCUT2D eigenvalue weighted by atomic mass is 32.1. The molecule has 0 bridgehead atoms. The van der Waals surface area contributed by atoms with E-state index in [1.807, 2.05) is 29.2 Å². The Bertz CT molecular complexity index is 881. The van der Waals surface area contributed by atoms with Crippen LogP contribution in [-0.2, 0) is 11.3 Å². The molecule has 158 valence electrons. The van der Waals surface area contributed by atoms with Gasteiger partial charge in [-0.15, -0.1) is 0 Å². The maximum atomic E-state index is 11.9. The average molecular weight is 423 g/mol. The minimum atomic E-state index is 0.203. The normalized spacial score (nSPS) is 19.1. The Morgan fingerprint density at radius 1 is 1.03 bits per heavy atom. The van der Waals surface area contributed by atoms with Crippen LogP contribution in [0.4, 0.5) is 17.1 Å². The van der Waals surface area contributed by atoms with Crippen LogP contribution in [0.1, 0.15) is 38.2 Å². The molecule has 2 aliphatic rings. The van der Waals surface area contributed by atoms with Crippen LogP contribution in [0.2, 0.25) is 0 Å². The van der Waals surface area contributed by atoms with Crippen molar-refractivity contribution >= 4 is 40.3 Å². The van der Waals surface area contributed by atoms with Gasteiger partial charge >= 0.3 is 0 Å². The van der Waals surface area contributed by atoms with Crippen LogP contribution in [0.15, 0.2) is 48.5 Å². The molecule has 0 aromatic heterocycles. The molecule has 0 aliphatic carbocycles. The van der Waals surface area contributed by atoms with Gasteiger partial charge in [0.05, 0.1) is 0 Å². The van der Waals surface area contributed by atoms with E-state index in [0.29, 0.717) is 18.1 Å². The lowest BCUT2D eigenvalue weighted by Gasteiger charge is -2.32. The van der Waals surface area contributed by atoms with Crippen molar-refractivity contribution < 1.29 is 4.79 Å². The van der Waals surface area contributed by atoms with Gasteiger partial charge in [0.1, 0.15) is 0 Å². The summed E-state index contributed by atoms with van der Waals surface area (Å²) in [5, 5.41) is 7.08. The van der Waals surface area contributed by atoms with Gasteiger partial charge in [0.25, 0.3) is 0 Å². The molecule has 6 heteroatoms. The third kappa shape index (κ3) is 5.11. The van der Waals surface area contributed by atoms with Crippen LogP contribution in [0.5, 0.6) is 0 Å². The molecule has 1 atom stereocenters. The molecule has 2 aromatic rings. The minimum Gasteiger partial charge on any atom is -0.371 e. The Kier molecular flexibility index (Phi) is 6.53. The maximum absolute atomic E-state index is 11.9. The first-order valence-corrected chi connectivity index (χ1v) is 11.3. The van der Waals surface area contributed by atoms with Gasteiger partial charge in [-0.05, 0) is 79.4 Å². The number of amides is 1. The fourth-order valence-electron chi connectivity index (χ4n) is 4.25. The largest absolute Gasteiger partial charge is 0.371 e. The Hall–Kier alpha value is -2.60. The topological polar surface area (TPSA) is 47.6 Å². The Balaban J connectivity index is 1.26. The van der Waals surface area contributed by atoms with Gasteiger partial charge < -0.3 is 20.4 Å². The van der Waals surface area contributed by atoms with Crippen LogP contribution in [0.25, 0.3) is 0 Å². The van der Waals surface area contributed by atoms with Gasteiger partial charge in [0.2, 0.25) is 5.91 Å². The van der Waals surface area contributed by atoms with Gasteiger partial charge in [0.15, 0.2) is 5.11 Å². The first-order chi connectivity index (χ1) is 14.6. The summed E-state index contributed by atoms with van der Waals surface area (Å²) in [5.74, 6) is 0.974. The van der Waals surface area contributed by atoms with Crippen molar-refractivity contribution in [3.8, 4) is 0 Å². The number of rotatable bonds is 5. The number of hydrogen-bond donors (Lipinski definition) is 2. The first-order valence-electron chi connectivity index (χ1n) is 10.9. The summed E-state index contributed by atoms with van der Waals surface area (Å²) in [4.78, 5) is 16.2. The van der Waals surface area contributed by atoms with Gasteiger partial charge in [-0.3, -0.25) is 4.79 Å². The Morgan fingerprint density at radius 3 is 2.43 bits per heavy atom. The molecule has 2 N–H and O–H groups in total. The molecule has 2 fully saturated rings.